The second-order valence-corrected chi connectivity index (χ2v) is 4.72. The maximum Gasteiger partial charge on any atom is 0.253 e. The molecule has 1 aromatic rings. The summed E-state index contributed by atoms with van der Waals surface area (Å²) in [6, 6.07) is 5.83. The standard InChI is InChI=1S/C13H16N2O2/c14-11-3-5-15(8-11)13(16)10-1-2-12-9(7-10)4-6-17-12/h1-2,7,11H,3-6,8,14H2/t11-/m0/s1. The van der Waals surface area contributed by atoms with Crippen molar-refractivity contribution in [2.24, 2.45) is 5.73 Å². The fraction of sp³-hybridized carbons (Fsp3) is 0.462. The quantitative estimate of drug-likeness (QED) is 0.779. The molecule has 4 nitrogen and oxygen atoms in total. The van der Waals surface area contributed by atoms with Gasteiger partial charge < -0.3 is 15.4 Å². The zero-order chi connectivity index (χ0) is 11.8. The zero-order valence-corrected chi connectivity index (χ0v) is 9.69. The Kier molecular flexibility index (Phi) is 2.52. The Hall–Kier alpha value is -1.55. The largest absolute Gasteiger partial charge is 0.493 e. The van der Waals surface area contributed by atoms with Crippen LogP contribution in [0.5, 0.6) is 5.75 Å². The number of carbonyl (C=O) groups excluding carboxylic acids is 1. The van der Waals surface area contributed by atoms with Crippen LogP contribution in [0.1, 0.15) is 22.3 Å². The molecule has 1 fully saturated rings. The molecule has 0 radical (unpaired) electrons. The SMILES string of the molecule is N[C@H]1CCN(C(=O)c2ccc3c(c2)CCO3)C1. The summed E-state index contributed by atoms with van der Waals surface area (Å²) in [5, 5.41) is 0. The molecule has 90 valence electrons. The fourth-order valence-corrected chi connectivity index (χ4v) is 2.47. The molecule has 17 heavy (non-hydrogen) atoms. The molecule has 0 spiro atoms. The van der Waals surface area contributed by atoms with Crippen LogP contribution in [-0.4, -0.2) is 36.5 Å². The lowest BCUT2D eigenvalue weighted by atomic mass is 10.1. The highest BCUT2D eigenvalue weighted by molar-refractivity contribution is 5.94. The number of ether oxygens (including phenoxy) is 1. The van der Waals surface area contributed by atoms with E-state index >= 15 is 0 Å². The van der Waals surface area contributed by atoms with Gasteiger partial charge in [-0.15, -0.1) is 0 Å². The molecule has 0 unspecified atom stereocenters. The van der Waals surface area contributed by atoms with Gasteiger partial charge in [0.1, 0.15) is 5.75 Å². The summed E-state index contributed by atoms with van der Waals surface area (Å²) in [7, 11) is 0. The van der Waals surface area contributed by atoms with Crippen LogP contribution in [0.4, 0.5) is 0 Å². The highest BCUT2D eigenvalue weighted by Crippen LogP contribution is 2.26. The Labute approximate surface area is 100 Å². The normalized spacial score (nSPS) is 22.4. The Balaban J connectivity index is 1.82. The molecular weight excluding hydrogens is 216 g/mol. The van der Waals surface area contributed by atoms with E-state index < -0.39 is 0 Å². The Bertz CT molecular complexity index is 459. The molecule has 2 heterocycles. The van der Waals surface area contributed by atoms with Gasteiger partial charge in [-0.3, -0.25) is 4.79 Å². The average Bonchev–Trinajstić information content (AvgIpc) is 2.95. The van der Waals surface area contributed by atoms with Gasteiger partial charge in [-0.25, -0.2) is 0 Å². The van der Waals surface area contributed by atoms with Crippen molar-refractivity contribution in [3.05, 3.63) is 29.3 Å². The van der Waals surface area contributed by atoms with E-state index in [1.54, 1.807) is 0 Å². The molecule has 0 aliphatic carbocycles. The Morgan fingerprint density at radius 3 is 3.12 bits per heavy atom. The first-order chi connectivity index (χ1) is 8.24. The van der Waals surface area contributed by atoms with E-state index in [0.717, 1.165) is 42.9 Å². The molecule has 2 aliphatic heterocycles. The first-order valence-corrected chi connectivity index (χ1v) is 6.04. The molecule has 4 heteroatoms. The molecule has 1 aromatic carbocycles. The van der Waals surface area contributed by atoms with Gasteiger partial charge >= 0.3 is 0 Å². The first-order valence-electron chi connectivity index (χ1n) is 6.04. The Morgan fingerprint density at radius 2 is 2.35 bits per heavy atom. The zero-order valence-electron chi connectivity index (χ0n) is 9.69. The fourth-order valence-electron chi connectivity index (χ4n) is 2.47. The number of hydrogen-bond acceptors (Lipinski definition) is 3. The number of benzene rings is 1. The molecule has 2 aliphatic rings. The van der Waals surface area contributed by atoms with Crippen molar-refractivity contribution in [1.29, 1.82) is 0 Å². The third-order valence-corrected chi connectivity index (χ3v) is 3.45. The van der Waals surface area contributed by atoms with Gasteiger partial charge in [-0.2, -0.15) is 0 Å². The number of hydrogen-bond donors (Lipinski definition) is 1. The van der Waals surface area contributed by atoms with Crippen molar-refractivity contribution in [2.75, 3.05) is 19.7 Å². The smallest absolute Gasteiger partial charge is 0.253 e. The number of rotatable bonds is 1. The van der Waals surface area contributed by atoms with Crippen LogP contribution in [0.25, 0.3) is 0 Å². The summed E-state index contributed by atoms with van der Waals surface area (Å²) in [4.78, 5) is 14.1. The summed E-state index contributed by atoms with van der Waals surface area (Å²) in [5.74, 6) is 1.01. The summed E-state index contributed by atoms with van der Waals surface area (Å²) in [6.45, 7) is 2.17. The molecule has 1 saturated heterocycles. The average molecular weight is 232 g/mol. The third-order valence-electron chi connectivity index (χ3n) is 3.45. The first kappa shape index (κ1) is 10.6. The van der Waals surface area contributed by atoms with Crippen molar-refractivity contribution in [1.82, 2.24) is 4.90 Å². The predicted molar refractivity (Wildman–Crippen MR) is 64.1 cm³/mol. The van der Waals surface area contributed by atoms with Gasteiger partial charge in [0.15, 0.2) is 0 Å². The maximum absolute atomic E-state index is 12.2. The highest BCUT2D eigenvalue weighted by Gasteiger charge is 2.25. The van der Waals surface area contributed by atoms with Crippen molar-refractivity contribution >= 4 is 5.91 Å². The minimum Gasteiger partial charge on any atom is -0.493 e. The molecular formula is C13H16N2O2. The maximum atomic E-state index is 12.2. The lowest BCUT2D eigenvalue weighted by Gasteiger charge is -2.16. The van der Waals surface area contributed by atoms with Crippen molar-refractivity contribution in [3.8, 4) is 5.75 Å². The van der Waals surface area contributed by atoms with Crippen LogP contribution in [0, 0.1) is 0 Å². The minimum atomic E-state index is 0.0904. The van der Waals surface area contributed by atoms with E-state index in [2.05, 4.69) is 0 Å². The molecule has 0 saturated carbocycles. The van der Waals surface area contributed by atoms with E-state index in [1.165, 1.54) is 0 Å². The van der Waals surface area contributed by atoms with E-state index in [-0.39, 0.29) is 11.9 Å². The number of nitrogens with zero attached hydrogens (tertiary/aromatic N) is 1. The van der Waals surface area contributed by atoms with Crippen molar-refractivity contribution in [2.45, 2.75) is 18.9 Å². The minimum absolute atomic E-state index is 0.0904. The number of likely N-dealkylation sites (tertiary alicyclic amines) is 1. The van der Waals surface area contributed by atoms with E-state index in [0.29, 0.717) is 6.54 Å². The number of carbonyl (C=O) groups is 1. The summed E-state index contributed by atoms with van der Waals surface area (Å²) >= 11 is 0. The predicted octanol–water partition coefficient (Wildman–Crippen LogP) is 0.795. The third kappa shape index (κ3) is 1.89. The summed E-state index contributed by atoms with van der Waals surface area (Å²) < 4.78 is 5.43. The van der Waals surface area contributed by atoms with Gasteiger partial charge in [0.2, 0.25) is 0 Å². The number of fused-ring (bicyclic) bond motifs is 1. The van der Waals surface area contributed by atoms with Crippen LogP contribution in [-0.2, 0) is 6.42 Å². The lowest BCUT2D eigenvalue weighted by Crippen LogP contribution is -2.31. The van der Waals surface area contributed by atoms with Crippen LogP contribution >= 0.6 is 0 Å². The molecule has 1 amide bonds. The van der Waals surface area contributed by atoms with Crippen molar-refractivity contribution in [3.63, 3.8) is 0 Å². The van der Waals surface area contributed by atoms with E-state index in [9.17, 15) is 4.79 Å². The van der Waals surface area contributed by atoms with Gasteiger partial charge in [-0.05, 0) is 30.2 Å². The van der Waals surface area contributed by atoms with E-state index in [4.69, 9.17) is 10.5 Å². The highest BCUT2D eigenvalue weighted by atomic mass is 16.5. The second kappa shape index (κ2) is 4.04. The lowest BCUT2D eigenvalue weighted by molar-refractivity contribution is 0.0791. The van der Waals surface area contributed by atoms with E-state index in [1.807, 2.05) is 23.1 Å². The van der Waals surface area contributed by atoms with Gasteiger partial charge in [-0.1, -0.05) is 0 Å². The molecule has 3 rings (SSSR count). The summed E-state index contributed by atoms with van der Waals surface area (Å²) in [5.41, 5.74) is 7.71. The van der Waals surface area contributed by atoms with Gasteiger partial charge in [0.25, 0.3) is 5.91 Å². The molecule has 0 aromatic heterocycles. The second-order valence-electron chi connectivity index (χ2n) is 4.72. The Morgan fingerprint density at radius 1 is 1.47 bits per heavy atom. The number of nitrogens with two attached hydrogens (primary N) is 1. The molecule has 1 atom stereocenters. The van der Waals surface area contributed by atoms with Gasteiger partial charge in [0, 0.05) is 31.1 Å². The summed E-state index contributed by atoms with van der Waals surface area (Å²) in [6.07, 6.45) is 1.80. The van der Waals surface area contributed by atoms with Crippen molar-refractivity contribution < 1.29 is 9.53 Å². The van der Waals surface area contributed by atoms with Crippen LogP contribution in [0.15, 0.2) is 18.2 Å². The monoisotopic (exact) mass is 232 g/mol. The topological polar surface area (TPSA) is 55.6 Å². The van der Waals surface area contributed by atoms with Gasteiger partial charge in [0.05, 0.1) is 6.61 Å². The van der Waals surface area contributed by atoms with Crippen LogP contribution < -0.4 is 10.5 Å². The molecule has 2 N–H and O–H groups in total. The molecule has 0 bridgehead atoms. The number of amides is 1. The van der Waals surface area contributed by atoms with Crippen LogP contribution in [0.2, 0.25) is 0 Å². The van der Waals surface area contributed by atoms with Crippen LogP contribution in [0.3, 0.4) is 0 Å².